The van der Waals surface area contributed by atoms with Gasteiger partial charge in [0.25, 0.3) is 0 Å². The lowest BCUT2D eigenvalue weighted by Gasteiger charge is -1.94. The molecule has 1 aromatic heterocycles. The van der Waals surface area contributed by atoms with Gasteiger partial charge < -0.3 is 9.52 Å². The van der Waals surface area contributed by atoms with E-state index in [0.717, 1.165) is 5.56 Å². The van der Waals surface area contributed by atoms with Gasteiger partial charge in [-0.05, 0) is 24.3 Å². The van der Waals surface area contributed by atoms with E-state index >= 15 is 0 Å². The number of rotatable bonds is 2. The SMILES string of the molecule is OCc1ncc(-c2ccc(F)cc2)o1. The van der Waals surface area contributed by atoms with Gasteiger partial charge in [-0.2, -0.15) is 0 Å². The van der Waals surface area contributed by atoms with Gasteiger partial charge in [0.05, 0.1) is 6.20 Å². The lowest BCUT2D eigenvalue weighted by Crippen LogP contribution is -1.78. The molecule has 1 N–H and O–H groups in total. The molecule has 0 aliphatic carbocycles. The average molecular weight is 193 g/mol. The predicted molar refractivity (Wildman–Crippen MR) is 47.8 cm³/mol. The van der Waals surface area contributed by atoms with Crippen LogP contribution in [0.5, 0.6) is 0 Å². The third-order valence-corrected chi connectivity index (χ3v) is 1.82. The lowest BCUT2D eigenvalue weighted by molar-refractivity contribution is 0.241. The van der Waals surface area contributed by atoms with Crippen LogP contribution in [-0.4, -0.2) is 10.1 Å². The van der Waals surface area contributed by atoms with Crippen molar-refractivity contribution in [1.82, 2.24) is 4.98 Å². The van der Waals surface area contributed by atoms with Crippen LogP contribution in [0.1, 0.15) is 5.89 Å². The summed E-state index contributed by atoms with van der Waals surface area (Å²) in [5.41, 5.74) is 0.735. The van der Waals surface area contributed by atoms with E-state index in [1.807, 2.05) is 0 Å². The summed E-state index contributed by atoms with van der Waals surface area (Å²) in [5.74, 6) is 0.481. The van der Waals surface area contributed by atoms with Crippen molar-refractivity contribution in [2.24, 2.45) is 0 Å². The van der Waals surface area contributed by atoms with Gasteiger partial charge in [0.1, 0.15) is 12.4 Å². The first-order chi connectivity index (χ1) is 6.79. The van der Waals surface area contributed by atoms with Crippen molar-refractivity contribution in [2.45, 2.75) is 6.61 Å². The number of oxazole rings is 1. The Morgan fingerprint density at radius 1 is 1.29 bits per heavy atom. The van der Waals surface area contributed by atoms with E-state index in [-0.39, 0.29) is 18.3 Å². The highest BCUT2D eigenvalue weighted by Gasteiger charge is 2.04. The van der Waals surface area contributed by atoms with E-state index in [9.17, 15) is 4.39 Å². The maximum Gasteiger partial charge on any atom is 0.220 e. The molecule has 2 aromatic rings. The van der Waals surface area contributed by atoms with E-state index < -0.39 is 0 Å². The zero-order chi connectivity index (χ0) is 9.97. The first-order valence-electron chi connectivity index (χ1n) is 4.11. The molecule has 0 unspecified atom stereocenters. The first-order valence-corrected chi connectivity index (χ1v) is 4.11. The van der Waals surface area contributed by atoms with E-state index in [1.54, 1.807) is 12.1 Å². The molecule has 0 amide bonds. The van der Waals surface area contributed by atoms with E-state index in [1.165, 1.54) is 18.3 Å². The Bertz CT molecular complexity index is 422. The summed E-state index contributed by atoms with van der Waals surface area (Å²) in [6.45, 7) is -0.235. The molecule has 0 spiro atoms. The van der Waals surface area contributed by atoms with Crippen molar-refractivity contribution < 1.29 is 13.9 Å². The molecule has 2 rings (SSSR count). The molecule has 0 saturated heterocycles. The zero-order valence-corrected chi connectivity index (χ0v) is 7.27. The van der Waals surface area contributed by atoms with E-state index in [2.05, 4.69) is 4.98 Å². The Balaban J connectivity index is 2.34. The Morgan fingerprint density at radius 2 is 2.00 bits per heavy atom. The molecule has 0 aliphatic rings. The van der Waals surface area contributed by atoms with Gasteiger partial charge in [-0.25, -0.2) is 9.37 Å². The molecule has 0 atom stereocenters. The molecule has 3 nitrogen and oxygen atoms in total. The van der Waals surface area contributed by atoms with Gasteiger partial charge in [-0.15, -0.1) is 0 Å². The number of aliphatic hydroxyl groups is 1. The minimum Gasteiger partial charge on any atom is -0.438 e. The highest BCUT2D eigenvalue weighted by Crippen LogP contribution is 2.20. The Labute approximate surface area is 79.8 Å². The second-order valence-corrected chi connectivity index (χ2v) is 2.78. The molecular formula is C10H8FNO2. The number of aliphatic hydroxyl groups excluding tert-OH is 1. The molecule has 0 fully saturated rings. The van der Waals surface area contributed by atoms with Crippen LogP contribution in [0.3, 0.4) is 0 Å². The molecule has 0 saturated carbocycles. The predicted octanol–water partition coefficient (Wildman–Crippen LogP) is 1.97. The van der Waals surface area contributed by atoms with Gasteiger partial charge >= 0.3 is 0 Å². The van der Waals surface area contributed by atoms with Crippen LogP contribution in [0.25, 0.3) is 11.3 Å². The molecule has 4 heteroatoms. The van der Waals surface area contributed by atoms with Gasteiger partial charge in [0.15, 0.2) is 5.76 Å². The highest BCUT2D eigenvalue weighted by atomic mass is 19.1. The van der Waals surface area contributed by atoms with Crippen LogP contribution in [-0.2, 0) is 6.61 Å². The molecule has 0 radical (unpaired) electrons. The van der Waals surface area contributed by atoms with Crippen LogP contribution in [0.15, 0.2) is 34.9 Å². The second-order valence-electron chi connectivity index (χ2n) is 2.78. The number of benzene rings is 1. The fourth-order valence-corrected chi connectivity index (χ4v) is 1.13. The number of hydrogen-bond donors (Lipinski definition) is 1. The molecule has 1 aromatic carbocycles. The topological polar surface area (TPSA) is 46.3 Å². The lowest BCUT2D eigenvalue weighted by atomic mass is 10.2. The summed E-state index contributed by atoms with van der Waals surface area (Å²) < 4.78 is 17.8. The largest absolute Gasteiger partial charge is 0.438 e. The third kappa shape index (κ3) is 1.65. The molecule has 1 heterocycles. The van der Waals surface area contributed by atoms with Crippen LogP contribution in [0.4, 0.5) is 4.39 Å². The Morgan fingerprint density at radius 3 is 2.57 bits per heavy atom. The maximum atomic E-state index is 12.6. The minimum absolute atomic E-state index is 0.235. The number of nitrogens with zero attached hydrogens (tertiary/aromatic N) is 1. The normalized spacial score (nSPS) is 10.4. The highest BCUT2D eigenvalue weighted by molar-refractivity contribution is 5.55. The summed E-state index contributed by atoms with van der Waals surface area (Å²) >= 11 is 0. The average Bonchev–Trinajstić information content (AvgIpc) is 2.67. The number of aromatic nitrogens is 1. The minimum atomic E-state index is -0.296. The van der Waals surface area contributed by atoms with Crippen LogP contribution < -0.4 is 0 Å². The number of hydrogen-bond acceptors (Lipinski definition) is 3. The summed E-state index contributed by atoms with van der Waals surface area (Å²) in [6, 6.07) is 5.88. The quantitative estimate of drug-likeness (QED) is 0.793. The van der Waals surface area contributed by atoms with Crippen molar-refractivity contribution in [3.63, 3.8) is 0 Å². The fourth-order valence-electron chi connectivity index (χ4n) is 1.13. The summed E-state index contributed by atoms with van der Waals surface area (Å²) in [7, 11) is 0. The van der Waals surface area contributed by atoms with Crippen LogP contribution in [0, 0.1) is 5.82 Å². The van der Waals surface area contributed by atoms with Gasteiger partial charge in [0.2, 0.25) is 5.89 Å². The maximum absolute atomic E-state index is 12.6. The van der Waals surface area contributed by atoms with Gasteiger partial charge in [-0.3, -0.25) is 0 Å². The molecule has 0 aliphatic heterocycles. The third-order valence-electron chi connectivity index (χ3n) is 1.82. The fraction of sp³-hybridized carbons (Fsp3) is 0.100. The van der Waals surface area contributed by atoms with E-state index in [4.69, 9.17) is 9.52 Å². The van der Waals surface area contributed by atoms with E-state index in [0.29, 0.717) is 5.76 Å². The zero-order valence-electron chi connectivity index (χ0n) is 7.27. The Kier molecular flexibility index (Phi) is 2.28. The number of halogens is 1. The molecule has 0 bridgehead atoms. The van der Waals surface area contributed by atoms with Crippen LogP contribution in [0.2, 0.25) is 0 Å². The molecular weight excluding hydrogens is 185 g/mol. The summed E-state index contributed by atoms with van der Waals surface area (Å²) in [4.78, 5) is 3.82. The van der Waals surface area contributed by atoms with Crippen molar-refractivity contribution in [2.75, 3.05) is 0 Å². The van der Waals surface area contributed by atoms with Gasteiger partial charge in [0, 0.05) is 5.56 Å². The van der Waals surface area contributed by atoms with Crippen molar-refractivity contribution in [3.8, 4) is 11.3 Å². The first kappa shape index (κ1) is 8.90. The van der Waals surface area contributed by atoms with Crippen molar-refractivity contribution >= 4 is 0 Å². The monoisotopic (exact) mass is 193 g/mol. The Hall–Kier alpha value is -1.68. The molecule has 72 valence electrons. The second kappa shape index (κ2) is 3.59. The summed E-state index contributed by atoms with van der Waals surface area (Å²) in [6.07, 6.45) is 1.50. The molecule has 14 heavy (non-hydrogen) atoms. The standard InChI is InChI=1S/C10H8FNO2/c11-8-3-1-7(2-4-8)9-5-12-10(6-13)14-9/h1-5,13H,6H2. The van der Waals surface area contributed by atoms with Crippen molar-refractivity contribution in [1.29, 1.82) is 0 Å². The van der Waals surface area contributed by atoms with Gasteiger partial charge in [-0.1, -0.05) is 0 Å². The summed E-state index contributed by atoms with van der Waals surface area (Å²) in [5, 5.41) is 8.73. The van der Waals surface area contributed by atoms with Crippen LogP contribution >= 0.6 is 0 Å². The van der Waals surface area contributed by atoms with Crippen molar-refractivity contribution in [3.05, 3.63) is 42.2 Å². The smallest absolute Gasteiger partial charge is 0.220 e.